The molecule has 2 unspecified atom stereocenters. The van der Waals surface area contributed by atoms with Gasteiger partial charge in [-0.2, -0.15) is 0 Å². The molecule has 1 heterocycles. The van der Waals surface area contributed by atoms with E-state index in [1.54, 1.807) is 31.4 Å². The molecular formula is C26H26O7. The quantitative estimate of drug-likeness (QED) is 0.554. The van der Waals surface area contributed by atoms with Gasteiger partial charge in [-0.3, -0.25) is 0 Å². The van der Waals surface area contributed by atoms with Crippen LogP contribution in [0.2, 0.25) is 0 Å². The Kier molecular flexibility index (Phi) is 5.21. The highest BCUT2D eigenvalue weighted by molar-refractivity contribution is 5.82. The average molecular weight is 450 g/mol. The Hall–Kier alpha value is -3.58. The number of ether oxygens (including phenoxy) is 4. The highest BCUT2D eigenvalue weighted by Crippen LogP contribution is 2.49. The van der Waals surface area contributed by atoms with E-state index in [1.807, 2.05) is 12.1 Å². The van der Waals surface area contributed by atoms with Crippen molar-refractivity contribution >= 4 is 0 Å². The monoisotopic (exact) mass is 450 g/mol. The van der Waals surface area contributed by atoms with Gasteiger partial charge in [0, 0.05) is 29.2 Å². The van der Waals surface area contributed by atoms with E-state index in [0.717, 1.165) is 40.7 Å². The molecule has 2 aliphatic rings. The molecule has 0 fully saturated rings. The fourth-order valence-corrected chi connectivity index (χ4v) is 4.98. The molecule has 0 saturated carbocycles. The Morgan fingerprint density at radius 3 is 2.21 bits per heavy atom. The van der Waals surface area contributed by atoms with Gasteiger partial charge in [0.25, 0.3) is 0 Å². The first kappa shape index (κ1) is 21.3. The fourth-order valence-electron chi connectivity index (χ4n) is 4.98. The van der Waals surface area contributed by atoms with E-state index < -0.39 is 12.2 Å². The van der Waals surface area contributed by atoms with Crippen molar-refractivity contribution in [3.05, 3.63) is 58.7 Å². The Balaban J connectivity index is 1.61. The highest BCUT2D eigenvalue weighted by atomic mass is 16.5. The van der Waals surface area contributed by atoms with Crippen molar-refractivity contribution in [1.82, 2.24) is 0 Å². The average Bonchev–Trinajstić information content (AvgIpc) is 2.83. The van der Waals surface area contributed by atoms with E-state index in [9.17, 15) is 15.3 Å². The molecule has 0 spiro atoms. The Morgan fingerprint density at radius 2 is 1.55 bits per heavy atom. The van der Waals surface area contributed by atoms with Crippen LogP contribution in [0.4, 0.5) is 0 Å². The van der Waals surface area contributed by atoms with Gasteiger partial charge in [-0.25, -0.2) is 0 Å². The molecule has 0 aromatic heterocycles. The summed E-state index contributed by atoms with van der Waals surface area (Å²) >= 11 is 0. The SMILES string of the molecule is COc1cc(C2Oc3cc(OC)c4c(c3CC2O)CCc2cc(O)ccc2-4)cc(OC)c1O. The zero-order chi connectivity index (χ0) is 23.3. The van der Waals surface area contributed by atoms with Crippen molar-refractivity contribution in [3.8, 4) is 45.6 Å². The topological polar surface area (TPSA) is 97.6 Å². The van der Waals surface area contributed by atoms with Gasteiger partial charge in [-0.1, -0.05) is 6.07 Å². The number of aryl methyl sites for hydroxylation is 1. The minimum absolute atomic E-state index is 0.102. The van der Waals surface area contributed by atoms with Crippen LogP contribution in [0.25, 0.3) is 11.1 Å². The highest BCUT2D eigenvalue weighted by Gasteiger charge is 2.35. The van der Waals surface area contributed by atoms with Gasteiger partial charge in [0.1, 0.15) is 17.2 Å². The van der Waals surface area contributed by atoms with E-state index in [2.05, 4.69) is 0 Å². The minimum Gasteiger partial charge on any atom is -0.508 e. The number of aromatic hydroxyl groups is 2. The molecule has 172 valence electrons. The third-order valence-corrected chi connectivity index (χ3v) is 6.54. The smallest absolute Gasteiger partial charge is 0.200 e. The largest absolute Gasteiger partial charge is 0.508 e. The molecule has 7 heteroatoms. The molecule has 3 aromatic carbocycles. The van der Waals surface area contributed by atoms with E-state index in [-0.39, 0.29) is 23.0 Å². The molecule has 7 nitrogen and oxygen atoms in total. The second kappa shape index (κ2) is 8.08. The molecular weight excluding hydrogens is 424 g/mol. The summed E-state index contributed by atoms with van der Waals surface area (Å²) in [5.74, 6) is 1.98. The van der Waals surface area contributed by atoms with Crippen molar-refractivity contribution in [2.24, 2.45) is 0 Å². The number of rotatable bonds is 4. The molecule has 3 N–H and O–H groups in total. The third kappa shape index (κ3) is 3.40. The molecule has 0 saturated heterocycles. The molecule has 0 bridgehead atoms. The van der Waals surface area contributed by atoms with Crippen LogP contribution >= 0.6 is 0 Å². The number of aliphatic hydroxyl groups is 1. The molecule has 33 heavy (non-hydrogen) atoms. The Morgan fingerprint density at radius 1 is 0.848 bits per heavy atom. The van der Waals surface area contributed by atoms with Gasteiger partial charge in [-0.05, 0) is 53.8 Å². The maximum atomic E-state index is 11.1. The first-order valence-electron chi connectivity index (χ1n) is 10.8. The number of benzene rings is 3. The van der Waals surface area contributed by atoms with Crippen molar-refractivity contribution < 1.29 is 34.3 Å². The fraction of sp³-hybridized carbons (Fsp3) is 0.308. The van der Waals surface area contributed by atoms with Gasteiger partial charge < -0.3 is 34.3 Å². The summed E-state index contributed by atoms with van der Waals surface area (Å²) in [5, 5.41) is 31.2. The normalized spacial score (nSPS) is 18.4. The molecule has 2 atom stereocenters. The van der Waals surface area contributed by atoms with Crippen LogP contribution in [0.15, 0.2) is 36.4 Å². The molecule has 5 rings (SSSR count). The molecule has 1 aliphatic carbocycles. The predicted molar refractivity (Wildman–Crippen MR) is 122 cm³/mol. The summed E-state index contributed by atoms with van der Waals surface area (Å²) in [6.07, 6.45) is 0.465. The van der Waals surface area contributed by atoms with Gasteiger partial charge in [-0.15, -0.1) is 0 Å². The third-order valence-electron chi connectivity index (χ3n) is 6.54. The van der Waals surface area contributed by atoms with Crippen LogP contribution in [-0.4, -0.2) is 42.8 Å². The lowest BCUT2D eigenvalue weighted by molar-refractivity contribution is 0.0201. The molecule has 0 radical (unpaired) electrons. The van der Waals surface area contributed by atoms with Crippen LogP contribution in [0, 0.1) is 0 Å². The first-order valence-corrected chi connectivity index (χ1v) is 10.8. The molecule has 0 amide bonds. The van der Waals surface area contributed by atoms with E-state index in [4.69, 9.17) is 18.9 Å². The first-order chi connectivity index (χ1) is 15.9. The lowest BCUT2D eigenvalue weighted by Crippen LogP contribution is -2.31. The lowest BCUT2D eigenvalue weighted by Gasteiger charge is -2.35. The van der Waals surface area contributed by atoms with Gasteiger partial charge in [0.15, 0.2) is 17.6 Å². The minimum atomic E-state index is -0.810. The Bertz CT molecular complexity index is 1210. The molecule has 3 aromatic rings. The maximum Gasteiger partial charge on any atom is 0.200 e. The van der Waals surface area contributed by atoms with Crippen molar-refractivity contribution in [1.29, 1.82) is 0 Å². The summed E-state index contributed by atoms with van der Waals surface area (Å²) in [4.78, 5) is 0. The van der Waals surface area contributed by atoms with Crippen LogP contribution in [0.5, 0.6) is 34.5 Å². The van der Waals surface area contributed by atoms with Crippen LogP contribution in [0.3, 0.4) is 0 Å². The number of hydrogen-bond donors (Lipinski definition) is 3. The summed E-state index contributed by atoms with van der Waals surface area (Å²) < 4.78 is 22.6. The Labute approximate surface area is 191 Å². The number of aliphatic hydroxyl groups excluding tert-OH is 1. The predicted octanol–water partition coefficient (Wildman–Crippen LogP) is 3.93. The number of phenolic OH excluding ortho intramolecular Hbond substituents is 2. The van der Waals surface area contributed by atoms with Gasteiger partial charge in [0.2, 0.25) is 5.75 Å². The number of fused-ring (bicyclic) bond motifs is 5. The van der Waals surface area contributed by atoms with E-state index >= 15 is 0 Å². The van der Waals surface area contributed by atoms with Crippen molar-refractivity contribution in [2.75, 3.05) is 21.3 Å². The molecule has 1 aliphatic heterocycles. The van der Waals surface area contributed by atoms with Crippen LogP contribution in [-0.2, 0) is 19.3 Å². The summed E-state index contributed by atoms with van der Waals surface area (Å²) in [7, 11) is 4.54. The number of methoxy groups -OCH3 is 3. The lowest BCUT2D eigenvalue weighted by atomic mass is 9.80. The zero-order valence-electron chi connectivity index (χ0n) is 18.7. The van der Waals surface area contributed by atoms with E-state index in [0.29, 0.717) is 23.5 Å². The van der Waals surface area contributed by atoms with Gasteiger partial charge in [0.05, 0.1) is 27.4 Å². The standard InChI is InChI=1S/C26H26O7/c1-30-21-12-20-18(17-6-4-13-8-15(27)5-7-16(13)24(17)21)11-19(28)26(33-20)14-9-22(31-2)25(29)23(10-14)32-3/h5,7-10,12,19,26-29H,4,6,11H2,1-3H3. The maximum absolute atomic E-state index is 11.1. The second-order valence-electron chi connectivity index (χ2n) is 8.33. The van der Waals surface area contributed by atoms with Gasteiger partial charge >= 0.3 is 0 Å². The number of phenols is 2. The van der Waals surface area contributed by atoms with Crippen LogP contribution < -0.4 is 18.9 Å². The zero-order valence-corrected chi connectivity index (χ0v) is 18.7. The van der Waals surface area contributed by atoms with Crippen LogP contribution in [0.1, 0.15) is 28.4 Å². The summed E-state index contributed by atoms with van der Waals surface area (Å²) in [6, 6.07) is 10.5. The summed E-state index contributed by atoms with van der Waals surface area (Å²) in [6.45, 7) is 0. The number of hydrogen-bond acceptors (Lipinski definition) is 7. The van der Waals surface area contributed by atoms with Crippen molar-refractivity contribution in [2.45, 2.75) is 31.5 Å². The summed E-state index contributed by atoms with van der Waals surface area (Å²) in [5.41, 5.74) is 5.78. The van der Waals surface area contributed by atoms with Crippen molar-refractivity contribution in [3.63, 3.8) is 0 Å². The second-order valence-corrected chi connectivity index (χ2v) is 8.33. The van der Waals surface area contributed by atoms with E-state index in [1.165, 1.54) is 14.2 Å².